The van der Waals surface area contributed by atoms with Crippen LogP contribution in [0.15, 0.2) is 72.9 Å². The Bertz CT molecular complexity index is 849. The van der Waals surface area contributed by atoms with Crippen LogP contribution in [0, 0.1) is 0 Å². The van der Waals surface area contributed by atoms with Gasteiger partial charge in [0.25, 0.3) is 5.91 Å². The fraction of sp³-hybridized carbons (Fsp3) is 0.182. The lowest BCUT2D eigenvalue weighted by Gasteiger charge is -2.08. The number of aryl methyl sites for hydroxylation is 1. The van der Waals surface area contributed by atoms with E-state index >= 15 is 0 Å². The van der Waals surface area contributed by atoms with Crippen LogP contribution in [0.1, 0.15) is 28.0 Å². The molecule has 0 bridgehead atoms. The number of aromatic nitrogens is 1. The molecule has 0 saturated heterocycles. The molecule has 0 atom stereocenters. The minimum atomic E-state index is -0.194. The van der Waals surface area contributed by atoms with Gasteiger partial charge in [0.1, 0.15) is 5.69 Å². The van der Waals surface area contributed by atoms with Crippen LogP contribution < -0.4 is 10.6 Å². The molecular formula is C22H22ClN3O. The van der Waals surface area contributed by atoms with Crippen molar-refractivity contribution < 1.29 is 4.79 Å². The molecule has 27 heavy (non-hydrogen) atoms. The first kappa shape index (κ1) is 18.9. The molecule has 4 nitrogen and oxygen atoms in total. The van der Waals surface area contributed by atoms with Gasteiger partial charge in [-0.15, -0.1) is 0 Å². The van der Waals surface area contributed by atoms with E-state index in [2.05, 4.69) is 39.9 Å². The molecule has 138 valence electrons. The Balaban J connectivity index is 1.42. The van der Waals surface area contributed by atoms with Crippen LogP contribution in [0.4, 0.5) is 5.69 Å². The van der Waals surface area contributed by atoms with E-state index in [1.165, 1.54) is 5.56 Å². The van der Waals surface area contributed by atoms with Crippen molar-refractivity contribution in [2.24, 2.45) is 0 Å². The monoisotopic (exact) mass is 379 g/mol. The van der Waals surface area contributed by atoms with Crippen LogP contribution in [-0.4, -0.2) is 17.4 Å². The summed E-state index contributed by atoms with van der Waals surface area (Å²) in [6, 6.07) is 21.4. The molecule has 0 spiro atoms. The van der Waals surface area contributed by atoms with Gasteiger partial charge in [0, 0.05) is 18.1 Å². The van der Waals surface area contributed by atoms with E-state index in [1.54, 1.807) is 24.4 Å². The number of anilines is 1. The van der Waals surface area contributed by atoms with Gasteiger partial charge in [-0.3, -0.25) is 4.79 Å². The largest absolute Gasteiger partial charge is 0.384 e. The van der Waals surface area contributed by atoms with Crippen molar-refractivity contribution in [3.63, 3.8) is 0 Å². The highest BCUT2D eigenvalue weighted by molar-refractivity contribution is 6.30. The van der Waals surface area contributed by atoms with Crippen molar-refractivity contribution in [1.29, 1.82) is 0 Å². The van der Waals surface area contributed by atoms with Crippen LogP contribution in [0.2, 0.25) is 5.02 Å². The number of carbonyl (C=O) groups is 1. The Hall–Kier alpha value is -2.85. The summed E-state index contributed by atoms with van der Waals surface area (Å²) >= 11 is 5.86. The van der Waals surface area contributed by atoms with Gasteiger partial charge < -0.3 is 10.6 Å². The van der Waals surface area contributed by atoms with Crippen LogP contribution in [0.3, 0.4) is 0 Å². The minimum absolute atomic E-state index is 0.194. The number of nitrogens with one attached hydrogen (secondary N) is 2. The van der Waals surface area contributed by atoms with Gasteiger partial charge in [0.15, 0.2) is 0 Å². The maximum atomic E-state index is 12.2. The Morgan fingerprint density at radius 2 is 1.70 bits per heavy atom. The van der Waals surface area contributed by atoms with Crippen LogP contribution >= 0.6 is 11.6 Å². The first-order chi connectivity index (χ1) is 13.2. The van der Waals surface area contributed by atoms with E-state index in [4.69, 9.17) is 11.6 Å². The Morgan fingerprint density at radius 1 is 0.926 bits per heavy atom. The third-order valence-corrected chi connectivity index (χ3v) is 4.43. The van der Waals surface area contributed by atoms with Crippen molar-refractivity contribution in [2.75, 3.05) is 11.9 Å². The van der Waals surface area contributed by atoms with Crippen molar-refractivity contribution >= 4 is 23.2 Å². The molecular weight excluding hydrogens is 358 g/mol. The van der Waals surface area contributed by atoms with Crippen LogP contribution in [0.25, 0.3) is 0 Å². The van der Waals surface area contributed by atoms with Gasteiger partial charge in [-0.05, 0) is 48.2 Å². The molecule has 0 aliphatic rings. The summed E-state index contributed by atoms with van der Waals surface area (Å²) in [5, 5.41) is 6.88. The van der Waals surface area contributed by atoms with E-state index in [0.717, 1.165) is 30.6 Å². The summed E-state index contributed by atoms with van der Waals surface area (Å²) in [4.78, 5) is 16.4. The second kappa shape index (κ2) is 9.74. The maximum absolute atomic E-state index is 12.2. The summed E-state index contributed by atoms with van der Waals surface area (Å²) in [6.45, 7) is 1.30. The zero-order valence-electron chi connectivity index (χ0n) is 15.0. The fourth-order valence-electron chi connectivity index (χ4n) is 2.68. The second-order valence-corrected chi connectivity index (χ2v) is 6.69. The zero-order valence-corrected chi connectivity index (χ0v) is 15.7. The predicted molar refractivity (Wildman–Crippen MR) is 110 cm³/mol. The Kier molecular flexibility index (Phi) is 6.83. The molecule has 0 aliphatic heterocycles. The third kappa shape index (κ3) is 6.12. The van der Waals surface area contributed by atoms with Gasteiger partial charge in [-0.2, -0.15) is 0 Å². The summed E-state index contributed by atoms with van der Waals surface area (Å²) in [5.41, 5.74) is 3.64. The number of pyridine rings is 1. The normalized spacial score (nSPS) is 10.4. The van der Waals surface area contributed by atoms with Gasteiger partial charge in [-0.1, -0.05) is 54.1 Å². The van der Waals surface area contributed by atoms with Gasteiger partial charge >= 0.3 is 0 Å². The topological polar surface area (TPSA) is 54.0 Å². The van der Waals surface area contributed by atoms with E-state index in [9.17, 15) is 4.79 Å². The molecule has 5 heteroatoms. The standard InChI is InChI=1S/C22H22ClN3O/c23-19-10-8-18(9-11-19)15-26-22(27)21-13-12-20(16-25-21)24-14-4-7-17-5-2-1-3-6-17/h1-3,5-6,8-13,16,24H,4,7,14-15H2,(H,26,27). The summed E-state index contributed by atoms with van der Waals surface area (Å²) < 4.78 is 0. The predicted octanol–water partition coefficient (Wildman–Crippen LogP) is 4.71. The number of carbonyl (C=O) groups excluding carboxylic acids is 1. The SMILES string of the molecule is O=C(NCc1ccc(Cl)cc1)c1ccc(NCCCc2ccccc2)cn1. The molecule has 0 unspecified atom stereocenters. The summed E-state index contributed by atoms with van der Waals surface area (Å²) in [5.74, 6) is -0.194. The highest BCUT2D eigenvalue weighted by Gasteiger charge is 2.07. The van der Waals surface area contributed by atoms with Gasteiger partial charge in [-0.25, -0.2) is 4.98 Å². The second-order valence-electron chi connectivity index (χ2n) is 6.26. The molecule has 1 heterocycles. The molecule has 2 aromatic carbocycles. The first-order valence-electron chi connectivity index (χ1n) is 8.97. The molecule has 2 N–H and O–H groups in total. The highest BCUT2D eigenvalue weighted by atomic mass is 35.5. The number of hydrogen-bond donors (Lipinski definition) is 2. The molecule has 3 rings (SSSR count). The van der Waals surface area contributed by atoms with E-state index in [0.29, 0.717) is 17.3 Å². The maximum Gasteiger partial charge on any atom is 0.270 e. The van der Waals surface area contributed by atoms with Crippen molar-refractivity contribution in [3.05, 3.63) is 94.8 Å². The average Bonchev–Trinajstić information content (AvgIpc) is 2.72. The van der Waals surface area contributed by atoms with Crippen LogP contribution in [-0.2, 0) is 13.0 Å². The van der Waals surface area contributed by atoms with E-state index < -0.39 is 0 Å². The Morgan fingerprint density at radius 3 is 2.41 bits per heavy atom. The number of hydrogen-bond acceptors (Lipinski definition) is 3. The Labute approximate surface area is 164 Å². The molecule has 0 saturated carbocycles. The molecule has 1 aromatic heterocycles. The molecule has 0 fully saturated rings. The van der Waals surface area contributed by atoms with E-state index in [-0.39, 0.29) is 5.91 Å². The van der Waals surface area contributed by atoms with Crippen molar-refractivity contribution in [2.45, 2.75) is 19.4 Å². The summed E-state index contributed by atoms with van der Waals surface area (Å²) in [7, 11) is 0. The molecule has 0 aliphatic carbocycles. The smallest absolute Gasteiger partial charge is 0.270 e. The van der Waals surface area contributed by atoms with Crippen LogP contribution in [0.5, 0.6) is 0 Å². The quantitative estimate of drug-likeness (QED) is 0.557. The van der Waals surface area contributed by atoms with Gasteiger partial charge in [0.2, 0.25) is 0 Å². The number of rotatable bonds is 8. The fourth-order valence-corrected chi connectivity index (χ4v) is 2.80. The number of halogens is 1. The molecule has 0 radical (unpaired) electrons. The van der Waals surface area contributed by atoms with Crippen molar-refractivity contribution in [3.8, 4) is 0 Å². The minimum Gasteiger partial charge on any atom is -0.384 e. The lowest BCUT2D eigenvalue weighted by atomic mass is 10.1. The lowest BCUT2D eigenvalue weighted by Crippen LogP contribution is -2.23. The first-order valence-corrected chi connectivity index (χ1v) is 9.35. The van der Waals surface area contributed by atoms with Crippen molar-refractivity contribution in [1.82, 2.24) is 10.3 Å². The highest BCUT2D eigenvalue weighted by Crippen LogP contribution is 2.10. The lowest BCUT2D eigenvalue weighted by molar-refractivity contribution is 0.0946. The van der Waals surface area contributed by atoms with Gasteiger partial charge in [0.05, 0.1) is 11.9 Å². The van der Waals surface area contributed by atoms with E-state index in [1.807, 2.05) is 24.3 Å². The number of benzene rings is 2. The average molecular weight is 380 g/mol. The zero-order chi connectivity index (χ0) is 18.9. The summed E-state index contributed by atoms with van der Waals surface area (Å²) in [6.07, 6.45) is 3.76. The molecule has 3 aromatic rings. The third-order valence-electron chi connectivity index (χ3n) is 4.18. The number of amides is 1. The number of nitrogens with zero attached hydrogens (tertiary/aromatic N) is 1. The molecule has 1 amide bonds.